The Morgan fingerprint density at radius 1 is 0.655 bits per heavy atom. The van der Waals surface area contributed by atoms with Crippen molar-refractivity contribution in [2.75, 3.05) is 0 Å². The molecule has 1 aliphatic carbocycles. The van der Waals surface area contributed by atoms with E-state index in [1.165, 1.54) is 38.5 Å². The summed E-state index contributed by atoms with van der Waals surface area (Å²) in [6.07, 6.45) is 0. The van der Waals surface area contributed by atoms with E-state index < -0.39 is 0 Å². The fourth-order valence-corrected chi connectivity index (χ4v) is 5.21. The molecule has 1 aliphatic rings. The van der Waals surface area contributed by atoms with Gasteiger partial charge in [-0.15, -0.1) is 0 Å². The molecule has 1 aromatic heterocycles. The first-order valence-corrected chi connectivity index (χ1v) is 10.4. The van der Waals surface area contributed by atoms with Crippen molar-refractivity contribution in [3.63, 3.8) is 0 Å². The second kappa shape index (κ2) is 5.75. The average molecular weight is 394 g/mol. The molecule has 6 rings (SSSR count). The zero-order chi connectivity index (χ0) is 19.8. The Morgan fingerprint density at radius 2 is 1.38 bits per heavy atom. The molecule has 1 nitrogen and oxygen atoms in total. The molecule has 4 aromatic carbocycles. The third-order valence-corrected chi connectivity index (χ3v) is 6.68. The quantitative estimate of drug-likeness (QED) is 0.274. The second-order valence-electron chi connectivity index (χ2n) is 8.42. The van der Waals surface area contributed by atoms with Gasteiger partial charge in [0.2, 0.25) is 0 Å². The molecule has 0 spiro atoms. The summed E-state index contributed by atoms with van der Waals surface area (Å²) in [7, 11) is 0. The van der Waals surface area contributed by atoms with Gasteiger partial charge in [-0.05, 0) is 58.7 Å². The molecule has 0 fully saturated rings. The van der Waals surface area contributed by atoms with Gasteiger partial charge in [0, 0.05) is 26.9 Å². The van der Waals surface area contributed by atoms with Gasteiger partial charge in [-0.1, -0.05) is 74.0 Å². The van der Waals surface area contributed by atoms with Crippen LogP contribution in [0.2, 0.25) is 5.02 Å². The number of para-hydroxylation sites is 1. The van der Waals surface area contributed by atoms with E-state index in [9.17, 15) is 0 Å². The van der Waals surface area contributed by atoms with Crippen molar-refractivity contribution in [1.29, 1.82) is 0 Å². The Morgan fingerprint density at radius 3 is 2.21 bits per heavy atom. The molecule has 1 heterocycles. The van der Waals surface area contributed by atoms with Crippen molar-refractivity contribution in [2.45, 2.75) is 19.3 Å². The van der Waals surface area contributed by atoms with Crippen LogP contribution in [-0.2, 0) is 5.41 Å². The van der Waals surface area contributed by atoms with Crippen LogP contribution >= 0.6 is 11.6 Å². The number of fused-ring (bicyclic) bond motifs is 6. The van der Waals surface area contributed by atoms with Crippen LogP contribution in [0.5, 0.6) is 0 Å². The zero-order valence-electron chi connectivity index (χ0n) is 16.4. The van der Waals surface area contributed by atoms with E-state index in [0.29, 0.717) is 0 Å². The van der Waals surface area contributed by atoms with Crippen molar-refractivity contribution >= 4 is 33.4 Å². The first-order valence-electron chi connectivity index (χ1n) is 9.99. The van der Waals surface area contributed by atoms with Crippen LogP contribution < -0.4 is 0 Å². The summed E-state index contributed by atoms with van der Waals surface area (Å²) in [5.41, 5.74) is 9.00. The minimum atomic E-state index is -0.00624. The van der Waals surface area contributed by atoms with Gasteiger partial charge in [0.15, 0.2) is 0 Å². The van der Waals surface area contributed by atoms with E-state index in [1.807, 2.05) is 6.07 Å². The van der Waals surface area contributed by atoms with Gasteiger partial charge in [-0.2, -0.15) is 0 Å². The van der Waals surface area contributed by atoms with Crippen LogP contribution in [0.1, 0.15) is 25.0 Å². The van der Waals surface area contributed by atoms with Gasteiger partial charge in [0.25, 0.3) is 0 Å². The maximum Gasteiger partial charge on any atom is 0.0555 e. The fraction of sp³-hybridized carbons (Fsp3) is 0.111. The molecule has 0 radical (unpaired) electrons. The number of aromatic nitrogens is 1. The zero-order valence-corrected chi connectivity index (χ0v) is 17.2. The molecule has 0 saturated carbocycles. The number of hydrogen-bond donors (Lipinski definition) is 0. The third kappa shape index (κ3) is 2.22. The smallest absolute Gasteiger partial charge is 0.0555 e. The van der Waals surface area contributed by atoms with Gasteiger partial charge >= 0.3 is 0 Å². The Hall–Kier alpha value is -3.03. The second-order valence-corrected chi connectivity index (χ2v) is 8.85. The molecule has 0 aliphatic heterocycles. The fourth-order valence-electron chi connectivity index (χ4n) is 5.04. The van der Waals surface area contributed by atoms with Gasteiger partial charge in [0.05, 0.1) is 11.0 Å². The highest BCUT2D eigenvalue weighted by Crippen LogP contribution is 2.50. The van der Waals surface area contributed by atoms with Crippen LogP contribution in [0.4, 0.5) is 0 Å². The molecule has 29 heavy (non-hydrogen) atoms. The Bertz CT molecular complexity index is 1420. The Kier molecular flexibility index (Phi) is 3.34. The van der Waals surface area contributed by atoms with Gasteiger partial charge in [0.1, 0.15) is 0 Å². The van der Waals surface area contributed by atoms with E-state index in [1.54, 1.807) is 0 Å². The summed E-state index contributed by atoms with van der Waals surface area (Å²) in [6, 6.07) is 30.3. The highest BCUT2D eigenvalue weighted by atomic mass is 35.5. The van der Waals surface area contributed by atoms with Crippen LogP contribution in [0.15, 0.2) is 84.9 Å². The minimum Gasteiger partial charge on any atom is -0.309 e. The van der Waals surface area contributed by atoms with Crippen LogP contribution in [0.3, 0.4) is 0 Å². The summed E-state index contributed by atoms with van der Waals surface area (Å²) in [5.74, 6) is 0. The molecular formula is C27H20ClN. The van der Waals surface area contributed by atoms with Gasteiger partial charge in [-0.25, -0.2) is 0 Å². The maximum absolute atomic E-state index is 6.41. The highest BCUT2D eigenvalue weighted by Gasteiger charge is 2.36. The topological polar surface area (TPSA) is 4.93 Å². The summed E-state index contributed by atoms with van der Waals surface area (Å²) in [5, 5.41) is 3.28. The van der Waals surface area contributed by atoms with Crippen LogP contribution in [-0.4, -0.2) is 4.57 Å². The Labute approximate surface area is 175 Å². The number of hydrogen-bond acceptors (Lipinski definition) is 0. The van der Waals surface area contributed by atoms with Crippen LogP contribution in [0, 0.1) is 0 Å². The molecule has 140 valence electrons. The van der Waals surface area contributed by atoms with E-state index in [2.05, 4.69) is 97.3 Å². The first kappa shape index (κ1) is 16.9. The van der Waals surface area contributed by atoms with Crippen molar-refractivity contribution in [1.82, 2.24) is 4.57 Å². The molecule has 0 N–H and O–H groups in total. The number of nitrogens with zero attached hydrogens (tertiary/aromatic N) is 1. The molecule has 0 bridgehead atoms. The maximum atomic E-state index is 6.41. The molecule has 5 aromatic rings. The monoisotopic (exact) mass is 393 g/mol. The first-order chi connectivity index (χ1) is 14.1. The predicted molar refractivity (Wildman–Crippen MR) is 123 cm³/mol. The lowest BCUT2D eigenvalue weighted by atomic mass is 9.82. The highest BCUT2D eigenvalue weighted by molar-refractivity contribution is 6.31. The molecule has 0 saturated heterocycles. The van der Waals surface area contributed by atoms with Crippen molar-refractivity contribution in [3.8, 4) is 16.8 Å². The minimum absolute atomic E-state index is 0.00624. The van der Waals surface area contributed by atoms with Crippen molar-refractivity contribution in [2.24, 2.45) is 0 Å². The number of halogens is 1. The summed E-state index contributed by atoms with van der Waals surface area (Å²) >= 11 is 6.41. The number of rotatable bonds is 1. The normalized spacial score (nSPS) is 14.3. The van der Waals surface area contributed by atoms with E-state index >= 15 is 0 Å². The molecule has 0 unspecified atom stereocenters. The largest absolute Gasteiger partial charge is 0.309 e. The summed E-state index contributed by atoms with van der Waals surface area (Å²) in [6.45, 7) is 4.66. The molecule has 0 amide bonds. The summed E-state index contributed by atoms with van der Waals surface area (Å²) < 4.78 is 2.34. The molecule has 2 heteroatoms. The predicted octanol–water partition coefficient (Wildman–Crippen LogP) is 7.74. The third-order valence-electron chi connectivity index (χ3n) is 6.45. The lowest BCUT2D eigenvalue weighted by molar-refractivity contribution is 0.661. The molecular weight excluding hydrogens is 374 g/mol. The van der Waals surface area contributed by atoms with E-state index in [-0.39, 0.29) is 5.41 Å². The summed E-state index contributed by atoms with van der Waals surface area (Å²) in [4.78, 5) is 0. The SMILES string of the molecule is CC1(C)c2ccccc2-c2cc3c(cc21)c1ccc(Cl)cc1n3-c1ccccc1. The van der Waals surface area contributed by atoms with E-state index in [0.717, 1.165) is 16.2 Å². The lowest BCUT2D eigenvalue weighted by Crippen LogP contribution is -2.14. The van der Waals surface area contributed by atoms with Crippen molar-refractivity contribution < 1.29 is 0 Å². The van der Waals surface area contributed by atoms with Crippen LogP contribution in [0.25, 0.3) is 38.6 Å². The lowest BCUT2D eigenvalue weighted by Gasteiger charge is -2.21. The van der Waals surface area contributed by atoms with Gasteiger partial charge in [-0.3, -0.25) is 0 Å². The number of benzene rings is 4. The van der Waals surface area contributed by atoms with E-state index in [4.69, 9.17) is 11.6 Å². The average Bonchev–Trinajstić information content (AvgIpc) is 3.16. The van der Waals surface area contributed by atoms with Crippen molar-refractivity contribution in [3.05, 3.63) is 101 Å². The molecule has 0 atom stereocenters. The standard InChI is InChI=1S/C27H20ClN/c1-27(2)23-11-7-6-10-19(23)21-16-26-22(15-24(21)27)20-13-12-17(28)14-25(20)29(26)18-8-4-3-5-9-18/h3-16H,1-2H3. The Balaban J connectivity index is 1.80. The van der Waals surface area contributed by atoms with Gasteiger partial charge < -0.3 is 4.57 Å².